The number of anilines is 1. The minimum Gasteiger partial charge on any atom is -0.384 e. The van der Waals surface area contributed by atoms with Crippen LogP contribution in [0.1, 0.15) is 18.4 Å². The standard InChI is InChI=1S/C12H13ClN2O2S/c13-12-6-10(4-3-9(12)7-14)15-8-11-2-1-5-18(11,16)17/h3-4,6,11,15H,1-2,5,8H2. The van der Waals surface area contributed by atoms with Crippen LogP contribution >= 0.6 is 11.6 Å². The highest BCUT2D eigenvalue weighted by molar-refractivity contribution is 7.92. The van der Waals surface area contributed by atoms with Crippen LogP contribution in [0.4, 0.5) is 5.69 Å². The molecule has 0 radical (unpaired) electrons. The molecule has 2 rings (SSSR count). The van der Waals surface area contributed by atoms with E-state index in [0.717, 1.165) is 12.1 Å². The molecule has 1 N–H and O–H groups in total. The van der Waals surface area contributed by atoms with Gasteiger partial charge >= 0.3 is 0 Å². The summed E-state index contributed by atoms with van der Waals surface area (Å²) in [5.41, 5.74) is 1.15. The molecule has 4 nitrogen and oxygen atoms in total. The topological polar surface area (TPSA) is 70.0 Å². The van der Waals surface area contributed by atoms with E-state index in [1.807, 2.05) is 6.07 Å². The summed E-state index contributed by atoms with van der Waals surface area (Å²) in [4.78, 5) is 0. The Balaban J connectivity index is 2.03. The van der Waals surface area contributed by atoms with Crippen LogP contribution < -0.4 is 5.32 Å². The number of hydrogen-bond donors (Lipinski definition) is 1. The second-order valence-electron chi connectivity index (χ2n) is 4.32. The maximum Gasteiger partial charge on any atom is 0.154 e. The zero-order valence-corrected chi connectivity index (χ0v) is 11.3. The van der Waals surface area contributed by atoms with Crippen molar-refractivity contribution in [2.45, 2.75) is 18.1 Å². The molecule has 0 spiro atoms. The van der Waals surface area contributed by atoms with Crippen molar-refractivity contribution in [3.05, 3.63) is 28.8 Å². The lowest BCUT2D eigenvalue weighted by Crippen LogP contribution is -2.25. The molecule has 1 heterocycles. The van der Waals surface area contributed by atoms with E-state index in [2.05, 4.69) is 5.32 Å². The van der Waals surface area contributed by atoms with Crippen LogP contribution in [0.25, 0.3) is 0 Å². The summed E-state index contributed by atoms with van der Waals surface area (Å²) in [5.74, 6) is 0.285. The number of halogens is 1. The van der Waals surface area contributed by atoms with E-state index < -0.39 is 9.84 Å². The van der Waals surface area contributed by atoms with Gasteiger partial charge in [0.05, 0.1) is 21.6 Å². The molecule has 96 valence electrons. The Morgan fingerprint density at radius 2 is 2.28 bits per heavy atom. The van der Waals surface area contributed by atoms with E-state index in [9.17, 15) is 8.42 Å². The minimum absolute atomic E-state index is 0.285. The molecule has 0 bridgehead atoms. The Morgan fingerprint density at radius 3 is 2.83 bits per heavy atom. The van der Waals surface area contributed by atoms with Crippen LogP contribution in [0.2, 0.25) is 5.02 Å². The molecule has 1 aromatic carbocycles. The van der Waals surface area contributed by atoms with Gasteiger partial charge in [-0.05, 0) is 31.0 Å². The molecule has 1 saturated heterocycles. The van der Waals surface area contributed by atoms with Gasteiger partial charge in [-0.15, -0.1) is 0 Å². The highest BCUT2D eigenvalue weighted by atomic mass is 35.5. The summed E-state index contributed by atoms with van der Waals surface area (Å²) in [6, 6.07) is 6.96. The number of sulfone groups is 1. The fraction of sp³-hybridized carbons (Fsp3) is 0.417. The van der Waals surface area contributed by atoms with Gasteiger partial charge in [0.15, 0.2) is 9.84 Å². The van der Waals surface area contributed by atoms with Gasteiger partial charge < -0.3 is 5.32 Å². The maximum absolute atomic E-state index is 11.6. The third kappa shape index (κ3) is 2.77. The lowest BCUT2D eigenvalue weighted by molar-refractivity contribution is 0.591. The summed E-state index contributed by atoms with van der Waals surface area (Å²) in [5, 5.41) is 11.9. The molecular weight excluding hydrogens is 272 g/mol. The number of rotatable bonds is 3. The zero-order valence-electron chi connectivity index (χ0n) is 9.69. The van der Waals surface area contributed by atoms with Crippen LogP contribution in [0.15, 0.2) is 18.2 Å². The maximum atomic E-state index is 11.6. The summed E-state index contributed by atoms with van der Waals surface area (Å²) < 4.78 is 23.3. The summed E-state index contributed by atoms with van der Waals surface area (Å²) in [6.45, 7) is 0.393. The van der Waals surface area contributed by atoms with Crippen LogP contribution in [0.5, 0.6) is 0 Å². The van der Waals surface area contributed by atoms with Crippen LogP contribution in [-0.2, 0) is 9.84 Å². The Kier molecular flexibility index (Phi) is 3.79. The molecule has 0 saturated carbocycles. The van der Waals surface area contributed by atoms with Crippen molar-refractivity contribution < 1.29 is 8.42 Å². The summed E-state index contributed by atoms with van der Waals surface area (Å²) in [7, 11) is -2.93. The molecule has 18 heavy (non-hydrogen) atoms. The Labute approximate surface area is 111 Å². The summed E-state index contributed by atoms with van der Waals surface area (Å²) in [6.07, 6.45) is 1.45. The highest BCUT2D eigenvalue weighted by Gasteiger charge is 2.30. The first-order chi connectivity index (χ1) is 8.53. The van der Waals surface area contributed by atoms with E-state index >= 15 is 0 Å². The molecule has 6 heteroatoms. The fourth-order valence-corrected chi connectivity index (χ4v) is 4.02. The van der Waals surface area contributed by atoms with Gasteiger partial charge in [0.1, 0.15) is 6.07 Å². The van der Waals surface area contributed by atoms with Crippen molar-refractivity contribution in [2.75, 3.05) is 17.6 Å². The van der Waals surface area contributed by atoms with E-state index in [0.29, 0.717) is 23.6 Å². The van der Waals surface area contributed by atoms with Crippen molar-refractivity contribution in [3.63, 3.8) is 0 Å². The average molecular weight is 285 g/mol. The number of nitrogens with one attached hydrogen (secondary N) is 1. The largest absolute Gasteiger partial charge is 0.384 e. The van der Waals surface area contributed by atoms with Gasteiger partial charge in [-0.25, -0.2) is 8.42 Å². The van der Waals surface area contributed by atoms with Gasteiger partial charge in [-0.3, -0.25) is 0 Å². The first-order valence-electron chi connectivity index (χ1n) is 5.68. The van der Waals surface area contributed by atoms with Crippen molar-refractivity contribution in [1.29, 1.82) is 5.26 Å². The third-order valence-electron chi connectivity index (χ3n) is 3.09. The minimum atomic E-state index is -2.93. The predicted molar refractivity (Wildman–Crippen MR) is 71.5 cm³/mol. The Hall–Kier alpha value is -1.25. The first kappa shape index (κ1) is 13.2. The van der Waals surface area contributed by atoms with E-state index in [4.69, 9.17) is 16.9 Å². The van der Waals surface area contributed by atoms with Crippen molar-refractivity contribution >= 4 is 27.1 Å². The molecule has 1 aromatic rings. The van der Waals surface area contributed by atoms with Crippen molar-refractivity contribution in [3.8, 4) is 6.07 Å². The van der Waals surface area contributed by atoms with E-state index in [1.54, 1.807) is 18.2 Å². The number of nitrogens with zero attached hydrogens (tertiary/aromatic N) is 1. The molecular formula is C12H13ClN2O2S. The number of hydrogen-bond acceptors (Lipinski definition) is 4. The zero-order chi connectivity index (χ0) is 13.2. The smallest absolute Gasteiger partial charge is 0.154 e. The quantitative estimate of drug-likeness (QED) is 0.924. The van der Waals surface area contributed by atoms with Gasteiger partial charge in [0.25, 0.3) is 0 Å². The second-order valence-corrected chi connectivity index (χ2v) is 7.13. The fourth-order valence-electron chi connectivity index (χ4n) is 2.03. The highest BCUT2D eigenvalue weighted by Crippen LogP contribution is 2.23. The van der Waals surface area contributed by atoms with Crippen LogP contribution in [0, 0.1) is 11.3 Å². The monoisotopic (exact) mass is 284 g/mol. The molecule has 1 atom stereocenters. The van der Waals surface area contributed by atoms with Crippen molar-refractivity contribution in [1.82, 2.24) is 0 Å². The van der Waals surface area contributed by atoms with E-state index in [1.165, 1.54) is 0 Å². The predicted octanol–water partition coefficient (Wildman–Crippen LogP) is 2.20. The molecule has 1 aliphatic rings. The lowest BCUT2D eigenvalue weighted by Gasteiger charge is -2.12. The molecule has 1 aliphatic heterocycles. The summed E-state index contributed by atoms with van der Waals surface area (Å²) >= 11 is 5.90. The number of nitriles is 1. The van der Waals surface area contributed by atoms with Gasteiger partial charge in [0.2, 0.25) is 0 Å². The van der Waals surface area contributed by atoms with Crippen LogP contribution in [0.3, 0.4) is 0 Å². The molecule has 1 unspecified atom stereocenters. The Bertz CT molecular complexity index is 593. The molecule has 0 aliphatic carbocycles. The first-order valence-corrected chi connectivity index (χ1v) is 7.77. The van der Waals surface area contributed by atoms with Crippen LogP contribution in [-0.4, -0.2) is 26.0 Å². The molecule has 0 amide bonds. The van der Waals surface area contributed by atoms with Gasteiger partial charge in [-0.2, -0.15) is 5.26 Å². The van der Waals surface area contributed by atoms with Crippen molar-refractivity contribution in [2.24, 2.45) is 0 Å². The Morgan fingerprint density at radius 1 is 1.50 bits per heavy atom. The molecule has 0 aromatic heterocycles. The lowest BCUT2D eigenvalue weighted by atomic mass is 10.2. The average Bonchev–Trinajstić information content (AvgIpc) is 2.66. The number of benzene rings is 1. The second kappa shape index (κ2) is 5.17. The normalized spacial score (nSPS) is 21.4. The third-order valence-corrected chi connectivity index (χ3v) is 5.67. The molecule has 1 fully saturated rings. The van der Waals surface area contributed by atoms with Gasteiger partial charge in [-0.1, -0.05) is 11.6 Å². The van der Waals surface area contributed by atoms with E-state index in [-0.39, 0.29) is 11.0 Å². The SMILES string of the molecule is N#Cc1ccc(NCC2CCCS2(=O)=O)cc1Cl. The van der Waals surface area contributed by atoms with Gasteiger partial charge in [0, 0.05) is 12.2 Å².